The van der Waals surface area contributed by atoms with Gasteiger partial charge in [0.05, 0.1) is 0 Å². The minimum atomic E-state index is 0.152. The first-order chi connectivity index (χ1) is 14.7. The fourth-order valence-electron chi connectivity index (χ4n) is 5.42. The van der Waals surface area contributed by atoms with Crippen LogP contribution in [0.25, 0.3) is 0 Å². The minimum absolute atomic E-state index is 0.152. The normalized spacial score (nSPS) is 14.7. The summed E-state index contributed by atoms with van der Waals surface area (Å²) in [7, 11) is 0. The summed E-state index contributed by atoms with van der Waals surface area (Å²) in [6.07, 6.45) is 4.86. The van der Waals surface area contributed by atoms with Gasteiger partial charge in [0.1, 0.15) is 0 Å². The van der Waals surface area contributed by atoms with E-state index in [0.717, 1.165) is 6.54 Å². The summed E-state index contributed by atoms with van der Waals surface area (Å²) in [5.74, 6) is 0.152. The molecule has 0 saturated heterocycles. The number of allylic oxidation sites excluding steroid dienone is 1. The Morgan fingerprint density at radius 1 is 0.800 bits per heavy atom. The predicted octanol–water partition coefficient (Wildman–Crippen LogP) is 7.69. The molecule has 3 aromatic rings. The average molecular weight is 396 g/mol. The average Bonchev–Trinajstić information content (AvgIpc) is 3.10. The summed E-state index contributed by atoms with van der Waals surface area (Å²) >= 11 is 0. The van der Waals surface area contributed by atoms with Crippen molar-refractivity contribution in [2.24, 2.45) is 0 Å². The second-order valence-corrected chi connectivity index (χ2v) is 8.63. The molecule has 1 aliphatic rings. The number of nitrogens with zero attached hydrogens (tertiary/aromatic N) is 1. The van der Waals surface area contributed by atoms with Gasteiger partial charge in [0.2, 0.25) is 0 Å². The molecule has 0 aliphatic carbocycles. The van der Waals surface area contributed by atoms with Crippen LogP contribution in [0.4, 0.5) is 5.69 Å². The fourth-order valence-corrected chi connectivity index (χ4v) is 5.42. The highest BCUT2D eigenvalue weighted by Gasteiger charge is 2.42. The van der Waals surface area contributed by atoms with Gasteiger partial charge in [0, 0.05) is 29.3 Å². The molecule has 1 nitrogen and oxygen atoms in total. The van der Waals surface area contributed by atoms with Crippen LogP contribution in [0.3, 0.4) is 0 Å². The third-order valence-electron chi connectivity index (χ3n) is 6.63. The maximum atomic E-state index is 4.70. The zero-order valence-corrected chi connectivity index (χ0v) is 18.4. The van der Waals surface area contributed by atoms with Gasteiger partial charge in [0.25, 0.3) is 0 Å². The third kappa shape index (κ3) is 3.69. The van der Waals surface area contributed by atoms with Crippen molar-refractivity contribution in [3.05, 3.63) is 114 Å². The Kier molecular flexibility index (Phi) is 6.08. The van der Waals surface area contributed by atoms with Crippen LogP contribution >= 0.6 is 0 Å². The Bertz CT molecular complexity index is 928. The first kappa shape index (κ1) is 20.5. The van der Waals surface area contributed by atoms with Crippen LogP contribution in [0, 0.1) is 0 Å². The molecule has 0 amide bonds. The second kappa shape index (κ2) is 8.92. The molecule has 0 bridgehead atoms. The van der Waals surface area contributed by atoms with Gasteiger partial charge in [-0.2, -0.15) is 0 Å². The standard InChI is InChI=1S/C29H33N/c1-4-20-29(21-5-2)22-30(27-19-13-12-18-26(27)29)23(3)28(24-14-8-6-9-15-24)25-16-10-7-11-17-25/h6-19,28H,3-5,20-22H2,1-2H3. The number of benzene rings is 3. The van der Waals surface area contributed by atoms with Crippen LogP contribution in [-0.4, -0.2) is 6.54 Å². The number of rotatable bonds is 8. The van der Waals surface area contributed by atoms with Crippen molar-refractivity contribution in [3.8, 4) is 0 Å². The number of hydrogen-bond acceptors (Lipinski definition) is 1. The molecular formula is C29H33N. The minimum Gasteiger partial charge on any atom is -0.344 e. The van der Waals surface area contributed by atoms with E-state index in [2.05, 4.69) is 104 Å². The molecule has 1 aliphatic heterocycles. The highest BCUT2D eigenvalue weighted by molar-refractivity contribution is 5.67. The van der Waals surface area contributed by atoms with Crippen LogP contribution in [0.15, 0.2) is 97.2 Å². The summed E-state index contributed by atoms with van der Waals surface area (Å²) in [6.45, 7) is 10.4. The highest BCUT2D eigenvalue weighted by atomic mass is 15.2. The molecule has 0 aromatic heterocycles. The Balaban J connectivity index is 1.79. The van der Waals surface area contributed by atoms with E-state index in [1.54, 1.807) is 0 Å². The number of para-hydroxylation sites is 1. The van der Waals surface area contributed by atoms with E-state index >= 15 is 0 Å². The lowest BCUT2D eigenvalue weighted by molar-refractivity contribution is 0.380. The summed E-state index contributed by atoms with van der Waals surface area (Å²) in [6, 6.07) is 30.7. The number of anilines is 1. The fraction of sp³-hybridized carbons (Fsp3) is 0.310. The molecular weight excluding hydrogens is 362 g/mol. The van der Waals surface area contributed by atoms with Gasteiger partial charge in [-0.1, -0.05) is 112 Å². The Hall–Kier alpha value is -2.80. The Morgan fingerprint density at radius 3 is 1.83 bits per heavy atom. The van der Waals surface area contributed by atoms with Crippen molar-refractivity contribution >= 4 is 5.69 Å². The summed E-state index contributed by atoms with van der Waals surface area (Å²) in [4.78, 5) is 2.52. The molecule has 4 rings (SSSR count). The highest BCUT2D eigenvalue weighted by Crippen LogP contribution is 2.49. The summed E-state index contributed by atoms with van der Waals surface area (Å²) < 4.78 is 0. The SMILES string of the molecule is C=C(C(c1ccccc1)c1ccccc1)N1CC(CCC)(CCC)c2ccccc21. The Morgan fingerprint density at radius 2 is 1.30 bits per heavy atom. The lowest BCUT2D eigenvalue weighted by Gasteiger charge is -2.33. The monoisotopic (exact) mass is 395 g/mol. The van der Waals surface area contributed by atoms with Gasteiger partial charge in [-0.3, -0.25) is 0 Å². The summed E-state index contributed by atoms with van der Waals surface area (Å²) in [5.41, 5.74) is 6.86. The van der Waals surface area contributed by atoms with Gasteiger partial charge in [-0.25, -0.2) is 0 Å². The van der Waals surface area contributed by atoms with Gasteiger partial charge < -0.3 is 4.90 Å². The first-order valence-electron chi connectivity index (χ1n) is 11.4. The van der Waals surface area contributed by atoms with Gasteiger partial charge in [-0.05, 0) is 35.6 Å². The van der Waals surface area contributed by atoms with Crippen LogP contribution in [0.2, 0.25) is 0 Å². The van der Waals surface area contributed by atoms with Gasteiger partial charge in [-0.15, -0.1) is 0 Å². The third-order valence-corrected chi connectivity index (χ3v) is 6.63. The van der Waals surface area contributed by atoms with Crippen molar-refractivity contribution in [1.29, 1.82) is 0 Å². The molecule has 0 unspecified atom stereocenters. The van der Waals surface area contributed by atoms with E-state index < -0.39 is 0 Å². The van der Waals surface area contributed by atoms with Crippen molar-refractivity contribution in [2.45, 2.75) is 50.9 Å². The van der Waals surface area contributed by atoms with Crippen molar-refractivity contribution < 1.29 is 0 Å². The van der Waals surface area contributed by atoms with Crippen LogP contribution in [0.5, 0.6) is 0 Å². The molecule has 154 valence electrons. The maximum absolute atomic E-state index is 4.70. The smallest absolute Gasteiger partial charge is 0.0486 e. The molecule has 0 N–H and O–H groups in total. The quantitative estimate of drug-likeness (QED) is 0.378. The molecule has 1 heterocycles. The van der Waals surface area contributed by atoms with Crippen LogP contribution in [0.1, 0.15) is 62.1 Å². The molecule has 0 atom stereocenters. The molecule has 0 fully saturated rings. The van der Waals surface area contributed by atoms with Gasteiger partial charge >= 0.3 is 0 Å². The van der Waals surface area contributed by atoms with Gasteiger partial charge in [0.15, 0.2) is 0 Å². The van der Waals surface area contributed by atoms with Crippen molar-refractivity contribution in [2.75, 3.05) is 11.4 Å². The van der Waals surface area contributed by atoms with Crippen LogP contribution in [-0.2, 0) is 5.41 Å². The summed E-state index contributed by atoms with van der Waals surface area (Å²) in [5, 5.41) is 0. The van der Waals surface area contributed by atoms with E-state index in [4.69, 9.17) is 6.58 Å². The lowest BCUT2D eigenvalue weighted by atomic mass is 9.75. The van der Waals surface area contributed by atoms with E-state index in [9.17, 15) is 0 Å². The van der Waals surface area contributed by atoms with Crippen molar-refractivity contribution in [3.63, 3.8) is 0 Å². The van der Waals surface area contributed by atoms with E-state index in [1.807, 2.05) is 0 Å². The largest absolute Gasteiger partial charge is 0.344 e. The maximum Gasteiger partial charge on any atom is 0.0486 e. The van der Waals surface area contributed by atoms with Crippen molar-refractivity contribution in [1.82, 2.24) is 0 Å². The van der Waals surface area contributed by atoms with Crippen LogP contribution < -0.4 is 4.90 Å². The molecule has 1 heteroatoms. The Labute approximate surface area is 182 Å². The van der Waals surface area contributed by atoms with E-state index in [1.165, 1.54) is 53.8 Å². The second-order valence-electron chi connectivity index (χ2n) is 8.63. The number of fused-ring (bicyclic) bond motifs is 1. The lowest BCUT2D eigenvalue weighted by Crippen LogP contribution is -2.34. The zero-order valence-electron chi connectivity index (χ0n) is 18.4. The zero-order chi connectivity index (χ0) is 21.0. The van der Waals surface area contributed by atoms with E-state index in [-0.39, 0.29) is 11.3 Å². The molecule has 0 spiro atoms. The first-order valence-corrected chi connectivity index (χ1v) is 11.4. The topological polar surface area (TPSA) is 3.24 Å². The number of hydrogen-bond donors (Lipinski definition) is 0. The predicted molar refractivity (Wildman–Crippen MR) is 129 cm³/mol. The van der Waals surface area contributed by atoms with E-state index in [0.29, 0.717) is 0 Å². The molecule has 3 aromatic carbocycles. The molecule has 0 radical (unpaired) electrons. The molecule has 0 saturated carbocycles. The molecule has 30 heavy (non-hydrogen) atoms.